The molecule has 134 valence electrons. The zero-order valence-corrected chi connectivity index (χ0v) is 14.6. The second-order valence-corrected chi connectivity index (χ2v) is 6.64. The normalized spacial score (nSPS) is 12.5. The number of nitro groups is 1. The minimum atomic E-state index is -0.583. The van der Waals surface area contributed by atoms with Crippen LogP contribution < -0.4 is 10.1 Å². The fourth-order valence-electron chi connectivity index (χ4n) is 2.11. The van der Waals surface area contributed by atoms with Crippen LogP contribution in [0.3, 0.4) is 0 Å². The van der Waals surface area contributed by atoms with E-state index in [-0.39, 0.29) is 24.2 Å². The first-order valence-electron chi connectivity index (χ1n) is 7.81. The first-order chi connectivity index (χ1) is 11.7. The summed E-state index contributed by atoms with van der Waals surface area (Å²) in [5, 5.41) is 14.9. The molecule has 0 bridgehead atoms. The van der Waals surface area contributed by atoms with Crippen molar-refractivity contribution >= 4 is 22.6 Å². The lowest BCUT2D eigenvalue weighted by molar-refractivity contribution is -0.384. The molecular weight excluding hydrogens is 326 g/mol. The number of carbonyl (C=O) groups is 1. The van der Waals surface area contributed by atoms with Crippen LogP contribution in [-0.4, -0.2) is 34.3 Å². The predicted octanol–water partition coefficient (Wildman–Crippen LogP) is 3.44. The summed E-state index contributed by atoms with van der Waals surface area (Å²) in [5.41, 5.74) is -0.619. The van der Waals surface area contributed by atoms with Gasteiger partial charge in [-0.15, -0.1) is 0 Å². The van der Waals surface area contributed by atoms with Gasteiger partial charge in [-0.25, -0.2) is 9.78 Å². The van der Waals surface area contributed by atoms with Crippen molar-refractivity contribution in [1.29, 1.82) is 0 Å². The summed E-state index contributed by atoms with van der Waals surface area (Å²) in [6, 6.07) is 5.91. The van der Waals surface area contributed by atoms with Crippen molar-refractivity contribution in [3.63, 3.8) is 0 Å². The van der Waals surface area contributed by atoms with Crippen LogP contribution in [0.1, 0.15) is 27.7 Å². The monoisotopic (exact) mass is 347 g/mol. The van der Waals surface area contributed by atoms with Gasteiger partial charge >= 0.3 is 6.09 Å². The van der Waals surface area contributed by atoms with Crippen LogP contribution in [0.25, 0.3) is 10.8 Å². The Morgan fingerprint density at radius 1 is 1.36 bits per heavy atom. The second-order valence-electron chi connectivity index (χ2n) is 6.64. The number of non-ortho nitro benzene ring substituents is 1. The van der Waals surface area contributed by atoms with Crippen LogP contribution in [-0.2, 0) is 4.74 Å². The third kappa shape index (κ3) is 5.30. The van der Waals surface area contributed by atoms with Gasteiger partial charge in [0.1, 0.15) is 12.2 Å². The summed E-state index contributed by atoms with van der Waals surface area (Å²) in [5.74, 6) is 0.277. The molecule has 1 N–H and O–H groups in total. The molecule has 8 nitrogen and oxygen atoms in total. The van der Waals surface area contributed by atoms with Gasteiger partial charge in [-0.1, -0.05) is 0 Å². The number of carbonyl (C=O) groups excluding carboxylic acids is 1. The van der Waals surface area contributed by atoms with Gasteiger partial charge < -0.3 is 14.8 Å². The molecular formula is C17H21N3O5. The Hall–Kier alpha value is -2.90. The molecule has 1 aromatic heterocycles. The number of hydrogen-bond donors (Lipinski definition) is 1. The standard InChI is InChI=1S/C17H21N3O5/c1-11(19-16(21)25-17(2,3)4)10-24-15-14-9-13(20(22)23)6-5-12(14)7-8-18-15/h5-9,11H,10H2,1-4H3,(H,19,21)/t11-/m1/s1. The van der Waals surface area contributed by atoms with Gasteiger partial charge in [0.25, 0.3) is 5.69 Å². The molecule has 0 spiro atoms. The molecule has 0 aliphatic rings. The zero-order chi connectivity index (χ0) is 18.6. The van der Waals surface area contributed by atoms with E-state index in [1.54, 1.807) is 46.0 Å². The molecule has 8 heteroatoms. The van der Waals surface area contributed by atoms with Crippen molar-refractivity contribution in [2.45, 2.75) is 39.3 Å². The molecule has 25 heavy (non-hydrogen) atoms. The Balaban J connectivity index is 2.06. The third-order valence-electron chi connectivity index (χ3n) is 3.16. The second kappa shape index (κ2) is 7.33. The van der Waals surface area contributed by atoms with Gasteiger partial charge in [0.05, 0.1) is 16.4 Å². The molecule has 0 saturated heterocycles. The molecule has 0 fully saturated rings. The van der Waals surface area contributed by atoms with Crippen molar-refractivity contribution in [3.8, 4) is 5.88 Å². The Kier molecular flexibility index (Phi) is 5.41. The lowest BCUT2D eigenvalue weighted by Gasteiger charge is -2.22. The van der Waals surface area contributed by atoms with Gasteiger partial charge in [-0.3, -0.25) is 10.1 Å². The van der Waals surface area contributed by atoms with E-state index in [2.05, 4.69) is 10.3 Å². The topological polar surface area (TPSA) is 104 Å². The third-order valence-corrected chi connectivity index (χ3v) is 3.16. The maximum absolute atomic E-state index is 11.7. The van der Waals surface area contributed by atoms with Crippen molar-refractivity contribution in [3.05, 3.63) is 40.6 Å². The van der Waals surface area contributed by atoms with Crippen molar-refractivity contribution in [1.82, 2.24) is 10.3 Å². The van der Waals surface area contributed by atoms with Crippen LogP contribution in [0, 0.1) is 10.1 Å². The lowest BCUT2D eigenvalue weighted by atomic mass is 10.1. The maximum atomic E-state index is 11.7. The number of pyridine rings is 1. The quantitative estimate of drug-likeness (QED) is 0.656. The smallest absolute Gasteiger partial charge is 0.407 e. The minimum absolute atomic E-state index is 0.0368. The van der Waals surface area contributed by atoms with Gasteiger partial charge in [0.15, 0.2) is 0 Å². The SMILES string of the molecule is C[C@H](COc1nccc2ccc([N+](=O)[O-])cc12)NC(=O)OC(C)(C)C. The number of nitrogens with zero attached hydrogens (tertiary/aromatic N) is 2. The Morgan fingerprint density at radius 3 is 2.72 bits per heavy atom. The van der Waals surface area contributed by atoms with E-state index in [4.69, 9.17) is 9.47 Å². The average Bonchev–Trinajstić information content (AvgIpc) is 2.50. The van der Waals surface area contributed by atoms with Crippen molar-refractivity contribution in [2.24, 2.45) is 0 Å². The molecule has 1 heterocycles. The Bertz CT molecular complexity index is 785. The number of alkyl carbamates (subject to hydrolysis) is 1. The molecule has 2 aromatic rings. The maximum Gasteiger partial charge on any atom is 0.407 e. The number of nitrogens with one attached hydrogen (secondary N) is 1. The minimum Gasteiger partial charge on any atom is -0.475 e. The molecule has 0 unspecified atom stereocenters. The van der Waals surface area contributed by atoms with Crippen LogP contribution in [0.15, 0.2) is 30.5 Å². The number of fused-ring (bicyclic) bond motifs is 1. The van der Waals surface area contributed by atoms with E-state index in [1.165, 1.54) is 12.1 Å². The first kappa shape index (κ1) is 18.4. The first-order valence-corrected chi connectivity index (χ1v) is 7.81. The fourth-order valence-corrected chi connectivity index (χ4v) is 2.11. The van der Waals surface area contributed by atoms with E-state index >= 15 is 0 Å². The number of rotatable bonds is 5. The van der Waals surface area contributed by atoms with E-state index in [0.29, 0.717) is 5.39 Å². The van der Waals surface area contributed by atoms with Gasteiger partial charge in [0, 0.05) is 18.3 Å². The Morgan fingerprint density at radius 2 is 2.08 bits per heavy atom. The lowest BCUT2D eigenvalue weighted by Crippen LogP contribution is -2.40. The van der Waals surface area contributed by atoms with Gasteiger partial charge in [-0.05, 0) is 45.2 Å². The summed E-state index contributed by atoms with van der Waals surface area (Å²) < 4.78 is 10.8. The number of hydrogen-bond acceptors (Lipinski definition) is 6. The van der Waals surface area contributed by atoms with Gasteiger partial charge in [-0.2, -0.15) is 0 Å². The van der Waals surface area contributed by atoms with Crippen LogP contribution in [0.5, 0.6) is 5.88 Å². The summed E-state index contributed by atoms with van der Waals surface area (Å²) in [7, 11) is 0. The van der Waals surface area contributed by atoms with Crippen LogP contribution >= 0.6 is 0 Å². The highest BCUT2D eigenvalue weighted by atomic mass is 16.6. The summed E-state index contributed by atoms with van der Waals surface area (Å²) in [6.07, 6.45) is 1.03. The molecule has 1 aromatic carbocycles. The molecule has 0 aliphatic carbocycles. The van der Waals surface area contributed by atoms with E-state index in [1.807, 2.05) is 0 Å². The molecule has 0 aliphatic heterocycles. The number of ether oxygens (including phenoxy) is 2. The fraction of sp³-hybridized carbons (Fsp3) is 0.412. The Labute approximate surface area is 145 Å². The molecule has 1 atom stereocenters. The van der Waals surface area contributed by atoms with E-state index in [0.717, 1.165) is 5.39 Å². The largest absolute Gasteiger partial charge is 0.475 e. The highest BCUT2D eigenvalue weighted by molar-refractivity contribution is 5.88. The van der Waals surface area contributed by atoms with Crippen LogP contribution in [0.4, 0.5) is 10.5 Å². The van der Waals surface area contributed by atoms with Crippen molar-refractivity contribution in [2.75, 3.05) is 6.61 Å². The molecule has 2 rings (SSSR count). The van der Waals surface area contributed by atoms with Crippen molar-refractivity contribution < 1.29 is 19.2 Å². The van der Waals surface area contributed by atoms with E-state index < -0.39 is 16.6 Å². The number of nitro benzene ring substituents is 1. The average molecular weight is 347 g/mol. The predicted molar refractivity (Wildman–Crippen MR) is 92.7 cm³/mol. The summed E-state index contributed by atoms with van der Waals surface area (Å²) in [6.45, 7) is 7.24. The van der Waals surface area contributed by atoms with Crippen LogP contribution in [0.2, 0.25) is 0 Å². The molecule has 1 amide bonds. The zero-order valence-electron chi connectivity index (χ0n) is 14.6. The molecule has 0 saturated carbocycles. The number of aromatic nitrogens is 1. The summed E-state index contributed by atoms with van der Waals surface area (Å²) in [4.78, 5) is 26.3. The highest BCUT2D eigenvalue weighted by Gasteiger charge is 2.18. The summed E-state index contributed by atoms with van der Waals surface area (Å²) >= 11 is 0. The highest BCUT2D eigenvalue weighted by Crippen LogP contribution is 2.27. The van der Waals surface area contributed by atoms with E-state index in [9.17, 15) is 14.9 Å². The molecule has 0 radical (unpaired) electrons. The number of amides is 1. The number of benzene rings is 1. The van der Waals surface area contributed by atoms with Gasteiger partial charge in [0.2, 0.25) is 5.88 Å².